The molecule has 0 saturated carbocycles. The van der Waals surface area contributed by atoms with Gasteiger partial charge in [-0.1, -0.05) is 18.2 Å². The molecule has 2 aromatic heterocycles. The summed E-state index contributed by atoms with van der Waals surface area (Å²) in [5.74, 6) is 1.37. The van der Waals surface area contributed by atoms with E-state index in [0.29, 0.717) is 18.8 Å². The van der Waals surface area contributed by atoms with E-state index in [1.165, 1.54) is 5.69 Å². The summed E-state index contributed by atoms with van der Waals surface area (Å²) >= 11 is 0. The molecule has 1 aromatic carbocycles. The average Bonchev–Trinajstić information content (AvgIpc) is 3.63. The molecule has 0 spiro atoms. The number of para-hydroxylation sites is 1. The SMILES string of the molecule is Cc1c(C(=O)N2CCCC2)oc2c1-c1nn(CC(=O)N3CCN(c4ccccc4)CC3)cc1CC2. The zero-order chi connectivity index (χ0) is 23.9. The van der Waals surface area contributed by atoms with E-state index in [1.54, 1.807) is 4.68 Å². The van der Waals surface area contributed by atoms with Gasteiger partial charge in [0.25, 0.3) is 5.91 Å². The molecule has 0 atom stereocenters. The van der Waals surface area contributed by atoms with Crippen molar-refractivity contribution in [1.82, 2.24) is 19.6 Å². The molecule has 4 heterocycles. The molecule has 6 rings (SSSR count). The van der Waals surface area contributed by atoms with Gasteiger partial charge in [0.05, 0.1) is 5.69 Å². The molecule has 0 unspecified atom stereocenters. The third kappa shape index (κ3) is 4.00. The van der Waals surface area contributed by atoms with Crippen LogP contribution in [0.4, 0.5) is 5.69 Å². The maximum Gasteiger partial charge on any atom is 0.289 e. The number of rotatable bonds is 4. The Morgan fingerprint density at radius 1 is 0.943 bits per heavy atom. The summed E-state index contributed by atoms with van der Waals surface area (Å²) in [6.07, 6.45) is 5.64. The lowest BCUT2D eigenvalue weighted by Gasteiger charge is -2.36. The molecule has 1 aliphatic carbocycles. The highest BCUT2D eigenvalue weighted by molar-refractivity contribution is 5.95. The van der Waals surface area contributed by atoms with E-state index in [2.05, 4.69) is 17.0 Å². The molecule has 0 radical (unpaired) electrons. The van der Waals surface area contributed by atoms with Crippen LogP contribution < -0.4 is 4.90 Å². The molecule has 8 heteroatoms. The van der Waals surface area contributed by atoms with Crippen molar-refractivity contribution in [3.05, 3.63) is 59.2 Å². The maximum absolute atomic E-state index is 13.1. The highest BCUT2D eigenvalue weighted by Crippen LogP contribution is 2.38. The lowest BCUT2D eigenvalue weighted by molar-refractivity contribution is -0.132. The monoisotopic (exact) mass is 473 g/mol. The number of piperazine rings is 1. The second-order valence-corrected chi connectivity index (χ2v) is 9.76. The number of carbonyl (C=O) groups excluding carboxylic acids is 2. The number of hydrogen-bond donors (Lipinski definition) is 0. The van der Waals surface area contributed by atoms with Crippen molar-refractivity contribution in [2.45, 2.75) is 39.2 Å². The number of aryl methyl sites for hydroxylation is 2. The van der Waals surface area contributed by atoms with Gasteiger partial charge in [0.2, 0.25) is 5.91 Å². The van der Waals surface area contributed by atoms with Gasteiger partial charge >= 0.3 is 0 Å². The summed E-state index contributed by atoms with van der Waals surface area (Å²) in [7, 11) is 0. The molecule has 2 aliphatic heterocycles. The van der Waals surface area contributed by atoms with Crippen LogP contribution >= 0.6 is 0 Å². The van der Waals surface area contributed by atoms with E-state index in [1.807, 2.05) is 41.1 Å². The number of aromatic nitrogens is 2. The Bertz CT molecular complexity index is 1250. The van der Waals surface area contributed by atoms with Gasteiger partial charge in [0.1, 0.15) is 12.3 Å². The third-order valence-corrected chi connectivity index (χ3v) is 7.55. The van der Waals surface area contributed by atoms with Crippen LogP contribution in [0.5, 0.6) is 0 Å². The smallest absolute Gasteiger partial charge is 0.289 e. The van der Waals surface area contributed by atoms with Crippen LogP contribution in [0.15, 0.2) is 40.9 Å². The number of likely N-dealkylation sites (tertiary alicyclic amines) is 1. The number of fused-ring (bicyclic) bond motifs is 3. The largest absolute Gasteiger partial charge is 0.455 e. The minimum Gasteiger partial charge on any atom is -0.455 e. The quantitative estimate of drug-likeness (QED) is 0.582. The first-order valence-electron chi connectivity index (χ1n) is 12.6. The normalized spacial score (nSPS) is 17.5. The summed E-state index contributed by atoms with van der Waals surface area (Å²) in [6, 6.07) is 10.3. The molecule has 2 saturated heterocycles. The Balaban J connectivity index is 1.15. The molecular weight excluding hydrogens is 442 g/mol. The number of carbonyl (C=O) groups is 2. The van der Waals surface area contributed by atoms with E-state index in [-0.39, 0.29) is 18.4 Å². The molecule has 3 aliphatic rings. The predicted molar refractivity (Wildman–Crippen MR) is 132 cm³/mol. The molecule has 2 amide bonds. The molecule has 8 nitrogen and oxygen atoms in total. The molecule has 0 N–H and O–H groups in total. The zero-order valence-electron chi connectivity index (χ0n) is 20.2. The fourth-order valence-corrected chi connectivity index (χ4v) is 5.60. The summed E-state index contributed by atoms with van der Waals surface area (Å²) in [5.41, 5.74) is 4.98. The van der Waals surface area contributed by atoms with Crippen molar-refractivity contribution in [3.63, 3.8) is 0 Å². The Morgan fingerprint density at radius 2 is 1.69 bits per heavy atom. The molecular formula is C27H31N5O3. The van der Waals surface area contributed by atoms with E-state index in [9.17, 15) is 9.59 Å². The van der Waals surface area contributed by atoms with Gasteiger partial charge in [-0.3, -0.25) is 14.3 Å². The first-order valence-corrected chi connectivity index (χ1v) is 12.6. The summed E-state index contributed by atoms with van der Waals surface area (Å²) in [6.45, 7) is 6.86. The number of amides is 2. The van der Waals surface area contributed by atoms with Crippen LogP contribution in [-0.4, -0.2) is 70.7 Å². The average molecular weight is 474 g/mol. The molecule has 0 bridgehead atoms. The van der Waals surface area contributed by atoms with E-state index in [0.717, 1.165) is 80.0 Å². The molecule has 35 heavy (non-hydrogen) atoms. The van der Waals surface area contributed by atoms with Crippen LogP contribution in [-0.2, 0) is 24.2 Å². The second-order valence-electron chi connectivity index (χ2n) is 9.76. The number of hydrogen-bond acceptors (Lipinski definition) is 5. The minimum atomic E-state index is -0.0137. The Labute approximate surface area is 205 Å². The predicted octanol–water partition coefficient (Wildman–Crippen LogP) is 3.13. The third-order valence-electron chi connectivity index (χ3n) is 7.55. The number of anilines is 1. The molecule has 3 aromatic rings. The Morgan fingerprint density at radius 3 is 2.43 bits per heavy atom. The maximum atomic E-state index is 13.1. The van der Waals surface area contributed by atoms with Gasteiger partial charge < -0.3 is 19.1 Å². The van der Waals surface area contributed by atoms with Crippen molar-refractivity contribution >= 4 is 17.5 Å². The topological polar surface area (TPSA) is 74.8 Å². The van der Waals surface area contributed by atoms with Crippen LogP contribution in [0, 0.1) is 6.92 Å². The van der Waals surface area contributed by atoms with Gasteiger partial charge in [-0.2, -0.15) is 5.10 Å². The fraction of sp³-hybridized carbons (Fsp3) is 0.444. The zero-order valence-corrected chi connectivity index (χ0v) is 20.2. The van der Waals surface area contributed by atoms with Gasteiger partial charge in [-0.05, 0) is 43.9 Å². The van der Waals surface area contributed by atoms with Gasteiger partial charge in [-0.15, -0.1) is 0 Å². The van der Waals surface area contributed by atoms with Crippen LogP contribution in [0.3, 0.4) is 0 Å². The van der Waals surface area contributed by atoms with E-state index in [4.69, 9.17) is 9.52 Å². The van der Waals surface area contributed by atoms with Crippen LogP contribution in [0.2, 0.25) is 0 Å². The summed E-state index contributed by atoms with van der Waals surface area (Å²) in [4.78, 5) is 32.2. The molecule has 182 valence electrons. The van der Waals surface area contributed by atoms with Crippen LogP contribution in [0.25, 0.3) is 11.3 Å². The van der Waals surface area contributed by atoms with Gasteiger partial charge in [-0.25, -0.2) is 0 Å². The highest BCUT2D eigenvalue weighted by Gasteiger charge is 2.32. The van der Waals surface area contributed by atoms with Gasteiger partial charge in [0.15, 0.2) is 5.76 Å². The van der Waals surface area contributed by atoms with E-state index < -0.39 is 0 Å². The van der Waals surface area contributed by atoms with Crippen molar-refractivity contribution in [2.24, 2.45) is 0 Å². The Hall–Kier alpha value is -3.55. The fourth-order valence-electron chi connectivity index (χ4n) is 5.60. The van der Waals surface area contributed by atoms with Crippen molar-refractivity contribution < 1.29 is 14.0 Å². The first kappa shape index (κ1) is 21.9. The first-order chi connectivity index (χ1) is 17.1. The van der Waals surface area contributed by atoms with E-state index >= 15 is 0 Å². The van der Waals surface area contributed by atoms with Crippen LogP contribution in [0.1, 0.15) is 40.3 Å². The number of benzene rings is 1. The summed E-state index contributed by atoms with van der Waals surface area (Å²) in [5, 5.41) is 4.79. The minimum absolute atomic E-state index is 0.0137. The van der Waals surface area contributed by atoms with Crippen molar-refractivity contribution in [3.8, 4) is 11.3 Å². The van der Waals surface area contributed by atoms with Gasteiger partial charge in [0, 0.05) is 68.7 Å². The standard InChI is InChI=1S/C27H31N5O3/c1-19-24-22(35-26(19)27(34)31-11-5-6-12-31)10-9-20-17-32(28-25(20)24)18-23(33)30-15-13-29(14-16-30)21-7-3-2-4-8-21/h2-4,7-8,17H,5-6,9-16,18H2,1H3. The number of nitrogens with zero attached hydrogens (tertiary/aromatic N) is 5. The highest BCUT2D eigenvalue weighted by atomic mass is 16.4. The second kappa shape index (κ2) is 8.91. The number of furan rings is 1. The van der Waals surface area contributed by atoms with Crippen molar-refractivity contribution in [2.75, 3.05) is 44.2 Å². The lowest BCUT2D eigenvalue weighted by Crippen LogP contribution is -2.49. The Kier molecular flexibility index (Phi) is 5.59. The lowest BCUT2D eigenvalue weighted by atomic mass is 9.93. The summed E-state index contributed by atoms with van der Waals surface area (Å²) < 4.78 is 7.84. The molecule has 2 fully saturated rings. The van der Waals surface area contributed by atoms with Crippen molar-refractivity contribution in [1.29, 1.82) is 0 Å².